The van der Waals surface area contributed by atoms with Crippen LogP contribution in [0.1, 0.15) is 49.9 Å². The summed E-state index contributed by atoms with van der Waals surface area (Å²) in [6, 6.07) is 3.21. The molecule has 0 saturated carbocycles. The van der Waals surface area contributed by atoms with Crippen molar-refractivity contribution < 1.29 is 9.53 Å². The van der Waals surface area contributed by atoms with Gasteiger partial charge >= 0.3 is 0 Å². The predicted molar refractivity (Wildman–Crippen MR) is 80.7 cm³/mol. The van der Waals surface area contributed by atoms with Gasteiger partial charge in [-0.3, -0.25) is 4.79 Å². The maximum absolute atomic E-state index is 12.5. The first kappa shape index (κ1) is 16.3. The quantitative estimate of drug-likeness (QED) is 0.630. The van der Waals surface area contributed by atoms with Gasteiger partial charge < -0.3 is 4.74 Å². The zero-order valence-corrected chi connectivity index (χ0v) is 13.1. The Kier molecular flexibility index (Phi) is 6.67. The fourth-order valence-electron chi connectivity index (χ4n) is 2.06. The molecule has 4 heteroatoms. The Labute approximate surface area is 125 Å². The average molecular weight is 303 g/mol. The molecule has 0 bridgehead atoms. The molecule has 1 aromatic carbocycles. The van der Waals surface area contributed by atoms with E-state index in [-0.39, 0.29) is 11.7 Å². The minimum Gasteiger partial charge on any atom is -0.495 e. The van der Waals surface area contributed by atoms with Gasteiger partial charge in [-0.25, -0.2) is 0 Å². The molecule has 0 heterocycles. The van der Waals surface area contributed by atoms with E-state index in [9.17, 15) is 4.79 Å². The third-order valence-corrected chi connectivity index (χ3v) is 3.88. The molecule has 0 radical (unpaired) electrons. The topological polar surface area (TPSA) is 26.3 Å². The van der Waals surface area contributed by atoms with Crippen molar-refractivity contribution in [2.75, 3.05) is 7.11 Å². The van der Waals surface area contributed by atoms with E-state index in [0.29, 0.717) is 21.4 Å². The lowest BCUT2D eigenvalue weighted by atomic mass is 9.90. The van der Waals surface area contributed by atoms with Gasteiger partial charge in [0.15, 0.2) is 5.78 Å². The summed E-state index contributed by atoms with van der Waals surface area (Å²) in [5.74, 6) is 0.581. The summed E-state index contributed by atoms with van der Waals surface area (Å²) >= 11 is 12.2. The van der Waals surface area contributed by atoms with E-state index < -0.39 is 0 Å². The molecule has 0 aromatic heterocycles. The normalized spacial score (nSPS) is 12.3. The summed E-state index contributed by atoms with van der Waals surface area (Å²) in [6.45, 7) is 4.14. The molecular weight excluding hydrogens is 283 g/mol. The van der Waals surface area contributed by atoms with Crippen molar-refractivity contribution in [1.29, 1.82) is 0 Å². The van der Waals surface area contributed by atoms with E-state index in [2.05, 4.69) is 6.92 Å². The largest absolute Gasteiger partial charge is 0.495 e. The van der Waals surface area contributed by atoms with Crippen LogP contribution in [0.4, 0.5) is 0 Å². The minimum atomic E-state index is 0.0157. The van der Waals surface area contributed by atoms with Gasteiger partial charge in [0.1, 0.15) is 5.75 Å². The number of hydrogen-bond donors (Lipinski definition) is 0. The third-order valence-electron chi connectivity index (χ3n) is 3.28. The molecule has 1 aromatic rings. The smallest absolute Gasteiger partial charge is 0.167 e. The molecule has 106 valence electrons. The number of benzene rings is 1. The first-order valence-corrected chi connectivity index (χ1v) is 7.37. The van der Waals surface area contributed by atoms with Crippen LogP contribution < -0.4 is 4.74 Å². The molecule has 1 rings (SSSR count). The van der Waals surface area contributed by atoms with Crippen LogP contribution in [0, 0.1) is 5.92 Å². The van der Waals surface area contributed by atoms with Crippen LogP contribution >= 0.6 is 23.2 Å². The summed E-state index contributed by atoms with van der Waals surface area (Å²) in [7, 11) is 1.52. The second-order valence-corrected chi connectivity index (χ2v) is 5.39. The number of halogens is 2. The Morgan fingerprint density at radius 2 is 1.95 bits per heavy atom. The van der Waals surface area contributed by atoms with Crippen molar-refractivity contribution in [2.24, 2.45) is 5.92 Å². The van der Waals surface area contributed by atoms with E-state index in [1.165, 1.54) is 7.11 Å². The molecule has 0 fully saturated rings. The van der Waals surface area contributed by atoms with Gasteiger partial charge in [0.05, 0.1) is 17.2 Å². The van der Waals surface area contributed by atoms with Gasteiger partial charge in [-0.1, -0.05) is 49.9 Å². The first-order chi connectivity index (χ1) is 9.04. The highest BCUT2D eigenvalue weighted by Gasteiger charge is 2.21. The number of carbonyl (C=O) groups excluding carboxylic acids is 1. The minimum absolute atomic E-state index is 0.0157. The fourth-order valence-corrected chi connectivity index (χ4v) is 2.55. The van der Waals surface area contributed by atoms with Crippen LogP contribution in [0.25, 0.3) is 0 Å². The molecule has 0 spiro atoms. The highest BCUT2D eigenvalue weighted by atomic mass is 35.5. The maximum atomic E-state index is 12.5. The van der Waals surface area contributed by atoms with Gasteiger partial charge in [-0.2, -0.15) is 0 Å². The van der Waals surface area contributed by atoms with E-state index in [4.69, 9.17) is 27.9 Å². The Balaban J connectivity index is 3.01. The molecule has 0 aliphatic rings. The average Bonchev–Trinajstić information content (AvgIpc) is 2.41. The molecule has 0 saturated heterocycles. The highest BCUT2D eigenvalue weighted by molar-refractivity contribution is 6.36. The van der Waals surface area contributed by atoms with E-state index in [0.717, 1.165) is 25.7 Å². The lowest BCUT2D eigenvalue weighted by molar-refractivity contribution is 0.0908. The number of carbonyl (C=O) groups is 1. The Morgan fingerprint density at radius 3 is 2.47 bits per heavy atom. The molecule has 2 nitrogen and oxygen atoms in total. The summed E-state index contributed by atoms with van der Waals surface area (Å²) in [6.07, 6.45) is 3.84. The molecule has 19 heavy (non-hydrogen) atoms. The van der Waals surface area contributed by atoms with Crippen LogP contribution in [-0.2, 0) is 0 Å². The van der Waals surface area contributed by atoms with E-state index in [1.54, 1.807) is 12.1 Å². The van der Waals surface area contributed by atoms with Crippen LogP contribution in [0.3, 0.4) is 0 Å². The fraction of sp³-hybridized carbons (Fsp3) is 0.533. The second-order valence-electron chi connectivity index (χ2n) is 4.58. The summed E-state index contributed by atoms with van der Waals surface area (Å²) < 4.78 is 5.08. The van der Waals surface area contributed by atoms with Gasteiger partial charge in [0, 0.05) is 17.5 Å². The third kappa shape index (κ3) is 4.12. The predicted octanol–water partition coefficient (Wildman–Crippen LogP) is 5.40. The van der Waals surface area contributed by atoms with Crippen LogP contribution in [0.5, 0.6) is 5.75 Å². The SMILES string of the molecule is CCCCC(CC)C(=O)c1cc(Cl)c(OC)cc1Cl. The lowest BCUT2D eigenvalue weighted by Gasteiger charge is -2.15. The van der Waals surface area contributed by atoms with Gasteiger partial charge in [0.25, 0.3) is 0 Å². The Morgan fingerprint density at radius 1 is 1.26 bits per heavy atom. The summed E-state index contributed by atoms with van der Waals surface area (Å²) in [4.78, 5) is 12.5. The van der Waals surface area contributed by atoms with Gasteiger partial charge in [-0.05, 0) is 18.9 Å². The number of ketones is 1. The standard InChI is InChI=1S/C15H20Cl2O2/c1-4-6-7-10(5-2)15(18)11-8-13(17)14(19-3)9-12(11)16/h8-10H,4-7H2,1-3H3. The second kappa shape index (κ2) is 7.76. The van der Waals surface area contributed by atoms with E-state index in [1.807, 2.05) is 6.92 Å². The van der Waals surface area contributed by atoms with Crippen molar-refractivity contribution in [3.05, 3.63) is 27.7 Å². The monoisotopic (exact) mass is 302 g/mol. The molecule has 1 atom stereocenters. The molecule has 0 aliphatic heterocycles. The number of rotatable bonds is 7. The number of ether oxygens (including phenoxy) is 1. The van der Waals surface area contributed by atoms with Crippen molar-refractivity contribution in [2.45, 2.75) is 39.5 Å². The highest BCUT2D eigenvalue weighted by Crippen LogP contribution is 2.33. The summed E-state index contributed by atoms with van der Waals surface area (Å²) in [5.41, 5.74) is 0.496. The number of unbranched alkanes of at least 4 members (excludes halogenated alkanes) is 1. The molecule has 0 amide bonds. The van der Waals surface area contributed by atoms with Crippen molar-refractivity contribution >= 4 is 29.0 Å². The Hall–Kier alpha value is -0.730. The lowest BCUT2D eigenvalue weighted by Crippen LogP contribution is -2.14. The van der Waals surface area contributed by atoms with Crippen LogP contribution in [0.15, 0.2) is 12.1 Å². The van der Waals surface area contributed by atoms with Crippen molar-refractivity contribution in [3.8, 4) is 5.75 Å². The molecular formula is C15H20Cl2O2. The van der Waals surface area contributed by atoms with Gasteiger partial charge in [0.2, 0.25) is 0 Å². The first-order valence-electron chi connectivity index (χ1n) is 6.62. The van der Waals surface area contributed by atoms with Crippen molar-refractivity contribution in [3.63, 3.8) is 0 Å². The van der Waals surface area contributed by atoms with Crippen LogP contribution in [-0.4, -0.2) is 12.9 Å². The molecule has 1 unspecified atom stereocenters. The molecule has 0 aliphatic carbocycles. The zero-order chi connectivity index (χ0) is 14.4. The number of methoxy groups -OCH3 is 1. The van der Waals surface area contributed by atoms with Gasteiger partial charge in [-0.15, -0.1) is 0 Å². The number of hydrogen-bond acceptors (Lipinski definition) is 2. The maximum Gasteiger partial charge on any atom is 0.167 e. The van der Waals surface area contributed by atoms with E-state index >= 15 is 0 Å². The van der Waals surface area contributed by atoms with Crippen molar-refractivity contribution in [1.82, 2.24) is 0 Å². The number of Topliss-reactive ketones (excluding diaryl/α,β-unsaturated/α-hetero) is 1. The summed E-state index contributed by atoms with van der Waals surface area (Å²) in [5, 5.41) is 0.821. The van der Waals surface area contributed by atoms with Crippen LogP contribution in [0.2, 0.25) is 10.0 Å². The molecule has 0 N–H and O–H groups in total. The Bertz CT molecular complexity index is 444. The zero-order valence-electron chi connectivity index (χ0n) is 11.6.